The number of carboxylic acid groups (broad SMARTS) is 1. The predicted molar refractivity (Wildman–Crippen MR) is 79.5 cm³/mol. The molecule has 0 fully saturated rings. The van der Waals surface area contributed by atoms with Crippen LogP contribution in [0.25, 0.3) is 10.9 Å². The van der Waals surface area contributed by atoms with Gasteiger partial charge in [-0.05, 0) is 36.2 Å². The second-order valence-electron chi connectivity index (χ2n) is 5.02. The predicted octanol–water partition coefficient (Wildman–Crippen LogP) is 2.36. The molecule has 22 heavy (non-hydrogen) atoms. The van der Waals surface area contributed by atoms with Gasteiger partial charge in [0, 0.05) is 11.6 Å². The molecule has 1 aromatic carbocycles. The van der Waals surface area contributed by atoms with Gasteiger partial charge in [0.2, 0.25) is 0 Å². The van der Waals surface area contributed by atoms with Crippen LogP contribution in [0.4, 0.5) is 0 Å². The quantitative estimate of drug-likeness (QED) is 0.800. The van der Waals surface area contributed by atoms with Gasteiger partial charge in [-0.3, -0.25) is 4.98 Å². The second-order valence-corrected chi connectivity index (χ2v) is 5.02. The molecule has 2 heterocycles. The molecule has 2 aromatic heterocycles. The topological polar surface area (TPSA) is 91.8 Å². The summed E-state index contributed by atoms with van der Waals surface area (Å²) in [5, 5.41) is 23.2. The number of carbonyl (C=O) groups is 1. The van der Waals surface area contributed by atoms with Gasteiger partial charge in [-0.2, -0.15) is 10.4 Å². The van der Waals surface area contributed by atoms with E-state index in [1.807, 2.05) is 43.5 Å². The maximum atomic E-state index is 11.0. The SMILES string of the molecule is Cc1cnc2ccc(Cn3ncc(C(=O)O)c3C#N)cc2c1. The van der Waals surface area contributed by atoms with Crippen LogP contribution in [0.1, 0.15) is 27.2 Å². The first-order valence-corrected chi connectivity index (χ1v) is 6.63. The third kappa shape index (κ3) is 2.40. The first-order valence-electron chi connectivity index (χ1n) is 6.63. The Balaban J connectivity index is 2.00. The Morgan fingerprint density at radius 1 is 1.36 bits per heavy atom. The fraction of sp³-hybridized carbons (Fsp3) is 0.125. The van der Waals surface area contributed by atoms with E-state index < -0.39 is 5.97 Å². The largest absolute Gasteiger partial charge is 0.478 e. The van der Waals surface area contributed by atoms with Crippen LogP contribution in [0, 0.1) is 18.3 Å². The van der Waals surface area contributed by atoms with Gasteiger partial charge in [0.1, 0.15) is 11.6 Å². The standard InChI is InChI=1S/C16H12N4O2/c1-10-4-12-5-11(2-3-14(12)18-7-10)9-20-15(6-17)13(8-19-20)16(21)22/h2-5,7-8H,9H2,1H3,(H,21,22). The number of nitrogens with zero attached hydrogens (tertiary/aromatic N) is 4. The van der Waals surface area contributed by atoms with Crippen molar-refractivity contribution in [1.82, 2.24) is 14.8 Å². The average molecular weight is 292 g/mol. The van der Waals surface area contributed by atoms with Crippen LogP contribution >= 0.6 is 0 Å². The molecule has 1 N–H and O–H groups in total. The monoisotopic (exact) mass is 292 g/mol. The van der Waals surface area contributed by atoms with E-state index >= 15 is 0 Å². The minimum atomic E-state index is -1.15. The summed E-state index contributed by atoms with van der Waals surface area (Å²) in [5.41, 5.74) is 2.85. The fourth-order valence-electron chi connectivity index (χ4n) is 2.34. The molecule has 0 saturated carbocycles. The minimum Gasteiger partial charge on any atom is -0.478 e. The summed E-state index contributed by atoms with van der Waals surface area (Å²) in [6.45, 7) is 2.31. The molecule has 3 rings (SSSR count). The molecule has 0 saturated heterocycles. The molecule has 0 aliphatic carbocycles. The normalized spacial score (nSPS) is 10.5. The molecular formula is C16H12N4O2. The molecular weight excluding hydrogens is 280 g/mol. The van der Waals surface area contributed by atoms with Gasteiger partial charge < -0.3 is 5.11 Å². The van der Waals surface area contributed by atoms with Gasteiger partial charge in [-0.1, -0.05) is 6.07 Å². The summed E-state index contributed by atoms with van der Waals surface area (Å²) in [7, 11) is 0. The van der Waals surface area contributed by atoms with Crippen molar-refractivity contribution < 1.29 is 9.90 Å². The Bertz CT molecular complexity index is 922. The van der Waals surface area contributed by atoms with Crippen molar-refractivity contribution in [2.24, 2.45) is 0 Å². The molecule has 108 valence electrons. The summed E-state index contributed by atoms with van der Waals surface area (Å²) in [6.07, 6.45) is 3.01. The van der Waals surface area contributed by atoms with Gasteiger partial charge in [0.25, 0.3) is 0 Å². The number of benzene rings is 1. The number of pyridine rings is 1. The van der Waals surface area contributed by atoms with E-state index in [1.54, 1.807) is 0 Å². The third-order valence-electron chi connectivity index (χ3n) is 3.39. The lowest BCUT2D eigenvalue weighted by molar-refractivity contribution is 0.0696. The number of aromatic carboxylic acids is 1. The first kappa shape index (κ1) is 13.8. The van der Waals surface area contributed by atoms with E-state index in [-0.39, 0.29) is 11.3 Å². The molecule has 0 spiro atoms. The molecule has 3 aromatic rings. The molecule has 0 aliphatic heterocycles. The molecule has 0 aliphatic rings. The lowest BCUT2D eigenvalue weighted by atomic mass is 10.1. The van der Waals surface area contributed by atoms with E-state index in [0.29, 0.717) is 6.54 Å². The summed E-state index contributed by atoms with van der Waals surface area (Å²) in [4.78, 5) is 15.4. The summed E-state index contributed by atoms with van der Waals surface area (Å²) >= 11 is 0. The summed E-state index contributed by atoms with van der Waals surface area (Å²) < 4.78 is 1.40. The molecule has 6 heteroatoms. The van der Waals surface area contributed by atoms with E-state index in [2.05, 4.69) is 10.1 Å². The van der Waals surface area contributed by atoms with E-state index in [4.69, 9.17) is 10.4 Å². The maximum absolute atomic E-state index is 11.0. The molecule has 0 radical (unpaired) electrons. The van der Waals surface area contributed by atoms with Crippen LogP contribution in [-0.2, 0) is 6.54 Å². The van der Waals surface area contributed by atoms with Gasteiger partial charge in [0.15, 0.2) is 5.69 Å². The maximum Gasteiger partial charge on any atom is 0.340 e. The minimum absolute atomic E-state index is 0.0509. The number of carboxylic acids is 1. The van der Waals surface area contributed by atoms with Crippen molar-refractivity contribution >= 4 is 16.9 Å². The van der Waals surface area contributed by atoms with E-state index in [0.717, 1.165) is 22.0 Å². The molecule has 0 unspecified atom stereocenters. The van der Waals surface area contributed by atoms with Crippen molar-refractivity contribution in [2.45, 2.75) is 13.5 Å². The Morgan fingerprint density at radius 3 is 2.91 bits per heavy atom. The van der Waals surface area contributed by atoms with E-state index in [9.17, 15) is 4.79 Å². The van der Waals surface area contributed by atoms with Crippen molar-refractivity contribution in [3.63, 3.8) is 0 Å². The highest BCUT2D eigenvalue weighted by molar-refractivity contribution is 5.89. The van der Waals surface area contributed by atoms with Crippen LogP contribution in [0.15, 0.2) is 36.7 Å². The van der Waals surface area contributed by atoms with Crippen LogP contribution < -0.4 is 0 Å². The number of nitriles is 1. The Hall–Kier alpha value is -3.20. The summed E-state index contributed by atoms with van der Waals surface area (Å²) in [5.74, 6) is -1.15. The lowest BCUT2D eigenvalue weighted by Gasteiger charge is -2.06. The Labute approximate surface area is 126 Å². The highest BCUT2D eigenvalue weighted by Crippen LogP contribution is 2.17. The highest BCUT2D eigenvalue weighted by atomic mass is 16.4. The van der Waals surface area contributed by atoms with Crippen molar-refractivity contribution in [1.29, 1.82) is 5.26 Å². The Kier molecular flexibility index (Phi) is 3.31. The number of hydrogen-bond acceptors (Lipinski definition) is 4. The van der Waals surface area contributed by atoms with Crippen LogP contribution in [0.2, 0.25) is 0 Å². The van der Waals surface area contributed by atoms with Crippen LogP contribution in [0.5, 0.6) is 0 Å². The zero-order valence-corrected chi connectivity index (χ0v) is 11.8. The van der Waals surface area contributed by atoms with Crippen molar-refractivity contribution in [3.05, 3.63) is 59.0 Å². The number of rotatable bonds is 3. The first-order chi connectivity index (χ1) is 10.6. The highest BCUT2D eigenvalue weighted by Gasteiger charge is 2.16. The van der Waals surface area contributed by atoms with Gasteiger partial charge >= 0.3 is 5.97 Å². The summed E-state index contributed by atoms with van der Waals surface area (Å²) in [6, 6.07) is 9.70. The fourth-order valence-corrected chi connectivity index (χ4v) is 2.34. The third-order valence-corrected chi connectivity index (χ3v) is 3.39. The van der Waals surface area contributed by atoms with Crippen LogP contribution in [-0.4, -0.2) is 25.8 Å². The number of fused-ring (bicyclic) bond motifs is 1. The van der Waals surface area contributed by atoms with E-state index in [1.165, 1.54) is 10.9 Å². The number of hydrogen-bond donors (Lipinski definition) is 1. The van der Waals surface area contributed by atoms with Crippen molar-refractivity contribution in [3.8, 4) is 6.07 Å². The molecule has 0 atom stereocenters. The molecule has 0 bridgehead atoms. The number of aryl methyl sites for hydroxylation is 1. The van der Waals surface area contributed by atoms with Gasteiger partial charge in [-0.25, -0.2) is 9.48 Å². The smallest absolute Gasteiger partial charge is 0.340 e. The molecule has 6 nitrogen and oxygen atoms in total. The average Bonchev–Trinajstić information content (AvgIpc) is 2.89. The molecule has 0 amide bonds. The van der Waals surface area contributed by atoms with Crippen molar-refractivity contribution in [2.75, 3.05) is 0 Å². The zero-order chi connectivity index (χ0) is 15.7. The second kappa shape index (κ2) is 5.30. The zero-order valence-electron chi connectivity index (χ0n) is 11.8. The number of aromatic nitrogens is 3. The Morgan fingerprint density at radius 2 is 2.18 bits per heavy atom. The van der Waals surface area contributed by atoms with Crippen LogP contribution in [0.3, 0.4) is 0 Å². The lowest BCUT2D eigenvalue weighted by Crippen LogP contribution is -2.06. The van der Waals surface area contributed by atoms with Gasteiger partial charge in [-0.15, -0.1) is 0 Å². The van der Waals surface area contributed by atoms with Gasteiger partial charge in [0.05, 0.1) is 18.3 Å².